The summed E-state index contributed by atoms with van der Waals surface area (Å²) in [6, 6.07) is 10.5. The molecule has 0 saturated carbocycles. The molecule has 1 aromatic carbocycles. The molecule has 0 aromatic heterocycles. The van der Waals surface area contributed by atoms with Crippen molar-refractivity contribution in [2.75, 3.05) is 33.2 Å². The fraction of sp³-hybridized carbons (Fsp3) is 0.500. The second kappa shape index (κ2) is 6.72. The maximum absolute atomic E-state index is 4.20. The maximum atomic E-state index is 4.20. The first-order valence-electron chi connectivity index (χ1n) is 6.88. The van der Waals surface area contributed by atoms with Gasteiger partial charge < -0.3 is 10.2 Å². The second-order valence-electron chi connectivity index (χ2n) is 5.38. The molecule has 0 spiro atoms. The lowest BCUT2D eigenvalue weighted by atomic mass is 9.99. The van der Waals surface area contributed by atoms with Gasteiger partial charge in [0.1, 0.15) is 0 Å². The molecular weight excluding hydrogens is 220 g/mol. The van der Waals surface area contributed by atoms with Crippen LogP contribution in [0.25, 0.3) is 5.57 Å². The predicted molar refractivity (Wildman–Crippen MR) is 78.6 cm³/mol. The van der Waals surface area contributed by atoms with Crippen molar-refractivity contribution in [3.63, 3.8) is 0 Å². The van der Waals surface area contributed by atoms with E-state index in [1.807, 2.05) is 6.07 Å². The van der Waals surface area contributed by atoms with E-state index in [1.165, 1.54) is 43.6 Å². The molecule has 1 saturated heterocycles. The van der Waals surface area contributed by atoms with Crippen LogP contribution in [0.15, 0.2) is 36.9 Å². The number of likely N-dealkylation sites (N-methyl/N-ethyl adjacent to an activating group) is 1. The molecule has 2 nitrogen and oxygen atoms in total. The summed E-state index contributed by atoms with van der Waals surface area (Å²) in [6.07, 6.45) is 2.67. The van der Waals surface area contributed by atoms with Gasteiger partial charge in [0.25, 0.3) is 0 Å². The van der Waals surface area contributed by atoms with Crippen LogP contribution in [0, 0.1) is 5.92 Å². The van der Waals surface area contributed by atoms with E-state index in [1.54, 1.807) is 0 Å². The molecule has 1 aromatic rings. The quantitative estimate of drug-likeness (QED) is 0.856. The van der Waals surface area contributed by atoms with Gasteiger partial charge in [0.05, 0.1) is 0 Å². The molecule has 2 heteroatoms. The Morgan fingerprint density at radius 1 is 1.39 bits per heavy atom. The molecule has 1 aliphatic rings. The summed E-state index contributed by atoms with van der Waals surface area (Å²) in [7, 11) is 2.20. The van der Waals surface area contributed by atoms with Crippen molar-refractivity contribution in [3.8, 4) is 0 Å². The number of nitrogens with one attached hydrogen (secondary N) is 1. The average Bonchev–Trinajstić information content (AvgIpc) is 2.40. The van der Waals surface area contributed by atoms with Gasteiger partial charge in [-0.25, -0.2) is 0 Å². The molecule has 1 heterocycles. The number of nitrogens with zero attached hydrogens (tertiary/aromatic N) is 1. The van der Waals surface area contributed by atoms with Crippen LogP contribution in [0.5, 0.6) is 0 Å². The molecular formula is C16H24N2. The summed E-state index contributed by atoms with van der Waals surface area (Å²) >= 11 is 0. The third-order valence-corrected chi connectivity index (χ3v) is 3.61. The SMILES string of the molecule is C=C(CN(C)CC1CCCNC1)c1ccccc1. The van der Waals surface area contributed by atoms with Gasteiger partial charge in [-0.15, -0.1) is 0 Å². The van der Waals surface area contributed by atoms with Crippen LogP contribution in [-0.2, 0) is 0 Å². The number of benzene rings is 1. The first-order valence-corrected chi connectivity index (χ1v) is 6.88. The highest BCUT2D eigenvalue weighted by atomic mass is 15.1. The van der Waals surface area contributed by atoms with Crippen LogP contribution in [-0.4, -0.2) is 38.1 Å². The van der Waals surface area contributed by atoms with E-state index in [-0.39, 0.29) is 0 Å². The third kappa shape index (κ3) is 3.97. The molecule has 18 heavy (non-hydrogen) atoms. The Kier molecular flexibility index (Phi) is 4.97. The van der Waals surface area contributed by atoms with Gasteiger partial charge in [-0.05, 0) is 50.0 Å². The minimum absolute atomic E-state index is 0.798. The zero-order valence-corrected chi connectivity index (χ0v) is 11.4. The second-order valence-corrected chi connectivity index (χ2v) is 5.38. The number of rotatable bonds is 5. The Balaban J connectivity index is 1.80. The van der Waals surface area contributed by atoms with E-state index in [9.17, 15) is 0 Å². The Morgan fingerprint density at radius 3 is 2.83 bits per heavy atom. The smallest absolute Gasteiger partial charge is 0.0230 e. The minimum atomic E-state index is 0.798. The van der Waals surface area contributed by atoms with Gasteiger partial charge >= 0.3 is 0 Å². The van der Waals surface area contributed by atoms with E-state index in [4.69, 9.17) is 0 Å². The molecule has 1 atom stereocenters. The highest BCUT2D eigenvalue weighted by Crippen LogP contribution is 2.15. The zero-order valence-electron chi connectivity index (χ0n) is 11.4. The Labute approximate surface area is 111 Å². The maximum Gasteiger partial charge on any atom is 0.0230 e. The predicted octanol–water partition coefficient (Wildman–Crippen LogP) is 2.63. The molecule has 1 aliphatic heterocycles. The van der Waals surface area contributed by atoms with E-state index in [0.29, 0.717) is 0 Å². The highest BCUT2D eigenvalue weighted by molar-refractivity contribution is 5.64. The third-order valence-electron chi connectivity index (χ3n) is 3.61. The zero-order chi connectivity index (χ0) is 12.8. The summed E-state index contributed by atoms with van der Waals surface area (Å²) < 4.78 is 0. The molecule has 0 bridgehead atoms. The topological polar surface area (TPSA) is 15.3 Å². The van der Waals surface area contributed by atoms with Crippen LogP contribution in [0.1, 0.15) is 18.4 Å². The number of piperidine rings is 1. The monoisotopic (exact) mass is 244 g/mol. The lowest BCUT2D eigenvalue weighted by molar-refractivity contribution is 0.262. The normalized spacial score (nSPS) is 20.0. The van der Waals surface area contributed by atoms with Crippen LogP contribution >= 0.6 is 0 Å². The first kappa shape index (κ1) is 13.3. The van der Waals surface area contributed by atoms with E-state index in [2.05, 4.69) is 48.1 Å². The van der Waals surface area contributed by atoms with Crippen molar-refractivity contribution in [1.82, 2.24) is 10.2 Å². The van der Waals surface area contributed by atoms with Crippen LogP contribution in [0.2, 0.25) is 0 Å². The Morgan fingerprint density at radius 2 is 2.17 bits per heavy atom. The van der Waals surface area contributed by atoms with Crippen LogP contribution < -0.4 is 5.32 Å². The van der Waals surface area contributed by atoms with Crippen molar-refractivity contribution in [3.05, 3.63) is 42.5 Å². The molecule has 1 unspecified atom stereocenters. The van der Waals surface area contributed by atoms with Crippen LogP contribution in [0.4, 0.5) is 0 Å². The highest BCUT2D eigenvalue weighted by Gasteiger charge is 2.15. The Hall–Kier alpha value is -1.12. The molecule has 0 radical (unpaired) electrons. The van der Waals surface area contributed by atoms with Crippen molar-refractivity contribution >= 4 is 5.57 Å². The molecule has 0 aliphatic carbocycles. The lowest BCUT2D eigenvalue weighted by Crippen LogP contribution is -2.37. The van der Waals surface area contributed by atoms with Crippen LogP contribution in [0.3, 0.4) is 0 Å². The average molecular weight is 244 g/mol. The Bertz CT molecular complexity index is 366. The standard InChI is InChI=1S/C16H24N2/c1-14(16-8-4-3-5-9-16)12-18(2)13-15-7-6-10-17-11-15/h3-5,8-9,15,17H,1,6-7,10-13H2,2H3. The van der Waals surface area contributed by atoms with Gasteiger partial charge in [-0.2, -0.15) is 0 Å². The van der Waals surface area contributed by atoms with Gasteiger partial charge in [0.2, 0.25) is 0 Å². The fourth-order valence-corrected chi connectivity index (χ4v) is 2.68. The van der Waals surface area contributed by atoms with E-state index >= 15 is 0 Å². The molecule has 0 amide bonds. The summed E-state index contributed by atoms with van der Waals surface area (Å²) in [5.74, 6) is 0.798. The molecule has 1 fully saturated rings. The summed E-state index contributed by atoms with van der Waals surface area (Å²) in [5, 5.41) is 3.48. The van der Waals surface area contributed by atoms with Gasteiger partial charge in [0, 0.05) is 13.1 Å². The van der Waals surface area contributed by atoms with Gasteiger partial charge in [-0.3, -0.25) is 0 Å². The first-order chi connectivity index (χ1) is 8.75. The lowest BCUT2D eigenvalue weighted by Gasteiger charge is -2.28. The van der Waals surface area contributed by atoms with E-state index < -0.39 is 0 Å². The van der Waals surface area contributed by atoms with Crippen molar-refractivity contribution in [1.29, 1.82) is 0 Å². The minimum Gasteiger partial charge on any atom is -0.316 e. The molecule has 1 N–H and O–H groups in total. The number of hydrogen-bond acceptors (Lipinski definition) is 2. The van der Waals surface area contributed by atoms with Crippen molar-refractivity contribution < 1.29 is 0 Å². The van der Waals surface area contributed by atoms with Gasteiger partial charge in [0.15, 0.2) is 0 Å². The fourth-order valence-electron chi connectivity index (χ4n) is 2.68. The van der Waals surface area contributed by atoms with Crippen molar-refractivity contribution in [2.24, 2.45) is 5.92 Å². The van der Waals surface area contributed by atoms with Crippen molar-refractivity contribution in [2.45, 2.75) is 12.8 Å². The largest absolute Gasteiger partial charge is 0.316 e. The summed E-state index contributed by atoms with van der Waals surface area (Å²) in [4.78, 5) is 2.40. The molecule has 98 valence electrons. The van der Waals surface area contributed by atoms with Gasteiger partial charge in [-0.1, -0.05) is 36.9 Å². The summed E-state index contributed by atoms with van der Waals surface area (Å²) in [5.41, 5.74) is 2.47. The summed E-state index contributed by atoms with van der Waals surface area (Å²) in [6.45, 7) is 8.69. The van der Waals surface area contributed by atoms with E-state index in [0.717, 1.165) is 12.5 Å². The number of hydrogen-bond donors (Lipinski definition) is 1. The molecule has 2 rings (SSSR count).